The number of aromatic nitrogens is 2. The third kappa shape index (κ3) is 3.10. The fourth-order valence-corrected chi connectivity index (χ4v) is 2.51. The smallest absolute Gasteiger partial charge is 0.332 e. The fourth-order valence-electron chi connectivity index (χ4n) is 2.51. The number of hydrogen-bond acceptors (Lipinski definition) is 6. The van der Waals surface area contributed by atoms with Gasteiger partial charge in [-0.15, -0.1) is 0 Å². The van der Waals surface area contributed by atoms with Crippen molar-refractivity contribution < 1.29 is 4.92 Å². The molecule has 1 fully saturated rings. The highest BCUT2D eigenvalue weighted by Gasteiger charge is 2.25. The number of nitro groups is 1. The second-order valence-corrected chi connectivity index (χ2v) is 5.22. The second kappa shape index (κ2) is 5.38. The third-order valence-corrected chi connectivity index (χ3v) is 3.61. The lowest BCUT2D eigenvalue weighted by Crippen LogP contribution is -2.26. The Morgan fingerprint density at radius 1 is 1.32 bits per heavy atom. The van der Waals surface area contributed by atoms with E-state index in [1.165, 1.54) is 0 Å². The van der Waals surface area contributed by atoms with Gasteiger partial charge >= 0.3 is 5.69 Å². The van der Waals surface area contributed by atoms with Crippen molar-refractivity contribution in [2.75, 3.05) is 11.1 Å². The molecule has 1 aromatic heterocycles. The first kappa shape index (κ1) is 13.5. The lowest BCUT2D eigenvalue weighted by Gasteiger charge is -2.27. The molecule has 1 aromatic rings. The molecule has 104 valence electrons. The van der Waals surface area contributed by atoms with E-state index in [1.807, 2.05) is 0 Å². The molecular weight excluding hydrogens is 246 g/mol. The summed E-state index contributed by atoms with van der Waals surface area (Å²) in [7, 11) is 0. The van der Waals surface area contributed by atoms with Crippen LogP contribution in [0, 0.1) is 23.0 Å². The SMILES string of the molecule is Cc1nc(N)nc(NC2CCC(C)CC2)c1[N+](=O)[O-]. The minimum atomic E-state index is -0.456. The van der Waals surface area contributed by atoms with E-state index in [0.29, 0.717) is 5.69 Å². The Bertz CT molecular complexity index is 483. The van der Waals surface area contributed by atoms with Crippen LogP contribution in [-0.4, -0.2) is 20.9 Å². The van der Waals surface area contributed by atoms with Gasteiger partial charge in [-0.3, -0.25) is 10.1 Å². The second-order valence-electron chi connectivity index (χ2n) is 5.22. The van der Waals surface area contributed by atoms with Crippen LogP contribution < -0.4 is 11.1 Å². The highest BCUT2D eigenvalue weighted by molar-refractivity contribution is 5.60. The van der Waals surface area contributed by atoms with Crippen molar-refractivity contribution in [2.24, 2.45) is 5.92 Å². The lowest BCUT2D eigenvalue weighted by atomic mass is 9.87. The molecule has 1 aliphatic rings. The van der Waals surface area contributed by atoms with Gasteiger partial charge in [-0.2, -0.15) is 4.98 Å². The van der Waals surface area contributed by atoms with Gasteiger partial charge in [0.1, 0.15) is 5.69 Å². The highest BCUT2D eigenvalue weighted by Crippen LogP contribution is 2.30. The number of anilines is 2. The van der Waals surface area contributed by atoms with Crippen LogP contribution in [0.1, 0.15) is 38.3 Å². The summed E-state index contributed by atoms with van der Waals surface area (Å²) in [5.41, 5.74) is 5.79. The van der Waals surface area contributed by atoms with Crippen molar-refractivity contribution in [3.63, 3.8) is 0 Å². The van der Waals surface area contributed by atoms with E-state index in [1.54, 1.807) is 6.92 Å². The van der Waals surface area contributed by atoms with Crippen molar-refractivity contribution in [1.82, 2.24) is 9.97 Å². The molecule has 0 amide bonds. The van der Waals surface area contributed by atoms with Crippen LogP contribution in [0.3, 0.4) is 0 Å². The molecular formula is C12H19N5O2. The average molecular weight is 265 g/mol. The van der Waals surface area contributed by atoms with E-state index >= 15 is 0 Å². The summed E-state index contributed by atoms with van der Waals surface area (Å²) in [4.78, 5) is 18.5. The van der Waals surface area contributed by atoms with Gasteiger partial charge in [-0.05, 0) is 38.5 Å². The Balaban J connectivity index is 2.21. The van der Waals surface area contributed by atoms with E-state index in [4.69, 9.17) is 5.73 Å². The number of nitrogens with zero attached hydrogens (tertiary/aromatic N) is 3. The molecule has 1 heterocycles. The summed E-state index contributed by atoms with van der Waals surface area (Å²) in [5, 5.41) is 14.3. The minimum absolute atomic E-state index is 0.0646. The maximum absolute atomic E-state index is 11.1. The predicted molar refractivity (Wildman–Crippen MR) is 72.9 cm³/mol. The van der Waals surface area contributed by atoms with Gasteiger partial charge in [0.15, 0.2) is 0 Å². The molecule has 1 saturated carbocycles. The molecule has 19 heavy (non-hydrogen) atoms. The first-order valence-electron chi connectivity index (χ1n) is 6.52. The van der Waals surface area contributed by atoms with Gasteiger partial charge in [0, 0.05) is 6.04 Å². The first-order valence-corrected chi connectivity index (χ1v) is 6.52. The lowest BCUT2D eigenvalue weighted by molar-refractivity contribution is -0.385. The monoisotopic (exact) mass is 265 g/mol. The number of nitrogens with one attached hydrogen (secondary N) is 1. The van der Waals surface area contributed by atoms with Gasteiger partial charge in [-0.25, -0.2) is 4.98 Å². The highest BCUT2D eigenvalue weighted by atomic mass is 16.6. The molecule has 0 bridgehead atoms. The van der Waals surface area contributed by atoms with E-state index < -0.39 is 4.92 Å². The molecule has 0 spiro atoms. The van der Waals surface area contributed by atoms with Gasteiger partial charge in [0.05, 0.1) is 4.92 Å². The number of rotatable bonds is 3. The molecule has 7 nitrogen and oxygen atoms in total. The number of aryl methyl sites for hydroxylation is 1. The number of hydrogen-bond donors (Lipinski definition) is 2. The van der Waals surface area contributed by atoms with Crippen LogP contribution in [0.25, 0.3) is 0 Å². The Morgan fingerprint density at radius 2 is 1.95 bits per heavy atom. The number of nitrogen functional groups attached to an aromatic ring is 1. The molecule has 1 aliphatic carbocycles. The third-order valence-electron chi connectivity index (χ3n) is 3.61. The van der Waals surface area contributed by atoms with E-state index in [0.717, 1.165) is 31.6 Å². The molecule has 0 saturated heterocycles. The summed E-state index contributed by atoms with van der Waals surface area (Å²) in [6, 6.07) is 0.226. The Morgan fingerprint density at radius 3 is 2.53 bits per heavy atom. The minimum Gasteiger partial charge on any atom is -0.368 e. The molecule has 0 unspecified atom stereocenters. The van der Waals surface area contributed by atoms with Crippen LogP contribution in [0.4, 0.5) is 17.5 Å². The quantitative estimate of drug-likeness (QED) is 0.641. The summed E-state index contributed by atoms with van der Waals surface area (Å²) in [5.74, 6) is 1.04. The molecule has 0 aromatic carbocycles. The van der Waals surface area contributed by atoms with Crippen LogP contribution in [-0.2, 0) is 0 Å². The first-order chi connectivity index (χ1) is 8.97. The maximum atomic E-state index is 11.1. The van der Waals surface area contributed by atoms with Gasteiger partial charge in [-0.1, -0.05) is 6.92 Å². The molecule has 0 aliphatic heterocycles. The fraction of sp³-hybridized carbons (Fsp3) is 0.667. The van der Waals surface area contributed by atoms with E-state index in [2.05, 4.69) is 22.2 Å². The zero-order valence-electron chi connectivity index (χ0n) is 11.2. The topological polar surface area (TPSA) is 107 Å². The van der Waals surface area contributed by atoms with Gasteiger partial charge in [0.2, 0.25) is 11.8 Å². The summed E-state index contributed by atoms with van der Waals surface area (Å²) in [6.45, 7) is 3.80. The van der Waals surface area contributed by atoms with Crippen molar-refractivity contribution in [1.29, 1.82) is 0 Å². The van der Waals surface area contributed by atoms with Crippen molar-refractivity contribution in [2.45, 2.75) is 45.6 Å². The van der Waals surface area contributed by atoms with Crippen LogP contribution in [0.5, 0.6) is 0 Å². The Hall–Kier alpha value is -1.92. The zero-order chi connectivity index (χ0) is 14.0. The van der Waals surface area contributed by atoms with Crippen molar-refractivity contribution in [3.8, 4) is 0 Å². The zero-order valence-corrected chi connectivity index (χ0v) is 11.2. The normalized spacial score (nSPS) is 23.1. The molecule has 7 heteroatoms. The van der Waals surface area contributed by atoms with Gasteiger partial charge < -0.3 is 11.1 Å². The summed E-state index contributed by atoms with van der Waals surface area (Å²) in [6.07, 6.45) is 4.26. The average Bonchev–Trinajstić information content (AvgIpc) is 2.30. The molecule has 3 N–H and O–H groups in total. The number of nitrogens with two attached hydrogens (primary N) is 1. The standard InChI is InChI=1S/C12H19N5O2/c1-7-3-5-9(6-4-7)15-11-10(17(18)19)8(2)14-12(13)16-11/h7,9H,3-6H2,1-2H3,(H3,13,14,15,16). The van der Waals surface area contributed by atoms with Crippen LogP contribution in [0.15, 0.2) is 0 Å². The Labute approximate surface area is 111 Å². The van der Waals surface area contributed by atoms with Crippen LogP contribution in [0.2, 0.25) is 0 Å². The molecule has 0 atom stereocenters. The maximum Gasteiger partial charge on any atom is 0.332 e. The molecule has 2 rings (SSSR count). The Kier molecular flexibility index (Phi) is 3.82. The van der Waals surface area contributed by atoms with Crippen molar-refractivity contribution in [3.05, 3.63) is 15.8 Å². The summed E-state index contributed by atoms with van der Waals surface area (Å²) < 4.78 is 0. The van der Waals surface area contributed by atoms with E-state index in [-0.39, 0.29) is 23.5 Å². The largest absolute Gasteiger partial charge is 0.368 e. The summed E-state index contributed by atoms with van der Waals surface area (Å²) >= 11 is 0. The van der Waals surface area contributed by atoms with Gasteiger partial charge in [0.25, 0.3) is 0 Å². The van der Waals surface area contributed by atoms with Crippen LogP contribution >= 0.6 is 0 Å². The van der Waals surface area contributed by atoms with E-state index in [9.17, 15) is 10.1 Å². The predicted octanol–water partition coefficient (Wildman–Crippen LogP) is 2.27. The van der Waals surface area contributed by atoms with Crippen molar-refractivity contribution >= 4 is 17.5 Å². The molecule has 0 radical (unpaired) electrons.